The lowest BCUT2D eigenvalue weighted by molar-refractivity contribution is 0.231. The molecule has 1 aromatic heterocycles. The molecule has 2 rings (SSSR count). The number of carbonyl (C=O) groups excluding carboxylic acids is 1. The van der Waals surface area contributed by atoms with Gasteiger partial charge in [0.15, 0.2) is 0 Å². The fraction of sp³-hybridized carbons (Fsp3) is 0.500. The molecule has 0 aliphatic heterocycles. The summed E-state index contributed by atoms with van der Waals surface area (Å²) in [7, 11) is 0. The molecule has 1 aromatic rings. The Balaban J connectivity index is 1.71. The van der Waals surface area contributed by atoms with Crippen LogP contribution in [0.3, 0.4) is 0 Å². The second-order valence-electron chi connectivity index (χ2n) is 4.34. The number of nitrogens with one attached hydrogen (secondary N) is 2. The molecule has 0 fully saturated rings. The molecule has 1 aliphatic rings. The zero-order chi connectivity index (χ0) is 13.0. The van der Waals surface area contributed by atoms with Crippen LogP contribution in [0.1, 0.15) is 16.3 Å². The first-order chi connectivity index (χ1) is 8.67. The summed E-state index contributed by atoms with van der Waals surface area (Å²) in [6.45, 7) is 2.57. The molecule has 0 bridgehead atoms. The number of hydrogen-bond acceptors (Lipinski definition) is 4. The van der Waals surface area contributed by atoms with Crippen LogP contribution < -0.4 is 10.6 Å². The van der Waals surface area contributed by atoms with E-state index in [4.69, 9.17) is 5.11 Å². The molecule has 0 aromatic carbocycles. The second kappa shape index (κ2) is 5.97. The van der Waals surface area contributed by atoms with Crippen LogP contribution in [0.2, 0.25) is 0 Å². The number of carbonyl (C=O) groups is 1. The van der Waals surface area contributed by atoms with Gasteiger partial charge in [0.2, 0.25) is 0 Å². The first kappa shape index (κ1) is 13.0. The van der Waals surface area contributed by atoms with E-state index in [0.717, 1.165) is 16.3 Å². The quantitative estimate of drug-likeness (QED) is 0.717. The number of aromatic nitrogens is 1. The highest BCUT2D eigenvalue weighted by molar-refractivity contribution is 7.11. The smallest absolute Gasteiger partial charge is 0.315 e. The first-order valence-electron chi connectivity index (χ1n) is 5.92. The molecule has 18 heavy (non-hydrogen) atoms. The minimum absolute atomic E-state index is 0.0188. The molecule has 0 spiro atoms. The highest BCUT2D eigenvalue weighted by Crippen LogP contribution is 2.16. The van der Waals surface area contributed by atoms with Crippen molar-refractivity contribution in [3.05, 3.63) is 28.2 Å². The maximum atomic E-state index is 11.6. The zero-order valence-corrected chi connectivity index (χ0v) is 11.0. The molecule has 0 saturated heterocycles. The number of aryl methyl sites for hydroxylation is 1. The number of amides is 2. The van der Waals surface area contributed by atoms with Crippen molar-refractivity contribution >= 4 is 17.4 Å². The Bertz CT molecular complexity index is 444. The number of urea groups is 1. The monoisotopic (exact) mass is 267 g/mol. The second-order valence-corrected chi connectivity index (χ2v) is 5.66. The third-order valence-electron chi connectivity index (χ3n) is 2.82. The molecule has 2 amide bonds. The van der Waals surface area contributed by atoms with Gasteiger partial charge >= 0.3 is 6.03 Å². The number of rotatable bonds is 4. The van der Waals surface area contributed by atoms with Crippen molar-refractivity contribution in [1.82, 2.24) is 15.6 Å². The molecule has 5 nitrogen and oxygen atoms in total. The van der Waals surface area contributed by atoms with E-state index in [-0.39, 0.29) is 24.6 Å². The van der Waals surface area contributed by atoms with Crippen LogP contribution in [-0.2, 0) is 6.54 Å². The van der Waals surface area contributed by atoms with Gasteiger partial charge in [0, 0.05) is 29.6 Å². The summed E-state index contributed by atoms with van der Waals surface area (Å²) >= 11 is 1.58. The molecule has 1 aliphatic carbocycles. The maximum absolute atomic E-state index is 11.6. The van der Waals surface area contributed by atoms with E-state index < -0.39 is 0 Å². The van der Waals surface area contributed by atoms with E-state index in [1.807, 2.05) is 19.1 Å². The van der Waals surface area contributed by atoms with Crippen LogP contribution in [0.25, 0.3) is 0 Å². The van der Waals surface area contributed by atoms with Crippen LogP contribution in [-0.4, -0.2) is 28.8 Å². The largest absolute Gasteiger partial charge is 0.396 e. The first-order valence-corrected chi connectivity index (χ1v) is 6.74. The highest BCUT2D eigenvalue weighted by atomic mass is 32.1. The summed E-state index contributed by atoms with van der Waals surface area (Å²) in [5.41, 5.74) is 0. The van der Waals surface area contributed by atoms with Crippen LogP contribution in [0.4, 0.5) is 4.79 Å². The van der Waals surface area contributed by atoms with Crippen molar-refractivity contribution in [2.45, 2.75) is 25.9 Å². The molecule has 98 valence electrons. The lowest BCUT2D eigenvalue weighted by atomic mass is 10.1. The topological polar surface area (TPSA) is 74.2 Å². The van der Waals surface area contributed by atoms with E-state index in [0.29, 0.717) is 6.54 Å². The predicted molar refractivity (Wildman–Crippen MR) is 70.3 cm³/mol. The Kier molecular flexibility index (Phi) is 4.33. The maximum Gasteiger partial charge on any atom is 0.315 e. The van der Waals surface area contributed by atoms with Crippen LogP contribution in [0.5, 0.6) is 0 Å². The van der Waals surface area contributed by atoms with Gasteiger partial charge in [-0.2, -0.15) is 0 Å². The molecule has 3 N–H and O–H groups in total. The molecule has 1 heterocycles. The molecule has 2 atom stereocenters. The summed E-state index contributed by atoms with van der Waals surface area (Å²) in [5, 5.41) is 15.6. The third kappa shape index (κ3) is 3.54. The predicted octanol–water partition coefficient (Wildman–Crippen LogP) is 1.19. The number of thiazole rings is 1. The van der Waals surface area contributed by atoms with Gasteiger partial charge in [-0.1, -0.05) is 12.2 Å². The van der Waals surface area contributed by atoms with Gasteiger partial charge < -0.3 is 15.7 Å². The molecule has 6 heteroatoms. The minimum atomic E-state index is -0.186. The molecular formula is C12H17N3O2S. The van der Waals surface area contributed by atoms with Crippen LogP contribution in [0, 0.1) is 12.8 Å². The summed E-state index contributed by atoms with van der Waals surface area (Å²) in [5.74, 6) is 0.166. The van der Waals surface area contributed by atoms with Gasteiger partial charge in [-0.3, -0.25) is 0 Å². The van der Waals surface area contributed by atoms with E-state index in [1.54, 1.807) is 17.5 Å². The van der Waals surface area contributed by atoms with Gasteiger partial charge in [0.1, 0.15) is 0 Å². The summed E-state index contributed by atoms with van der Waals surface area (Å²) in [6, 6.07) is -0.167. The van der Waals surface area contributed by atoms with E-state index in [9.17, 15) is 4.79 Å². The SMILES string of the molecule is Cc1ncc(CNC(=O)N[C@@H]2C=C[C@H](CO)C2)s1. The lowest BCUT2D eigenvalue weighted by Gasteiger charge is -2.13. The zero-order valence-electron chi connectivity index (χ0n) is 10.2. The Morgan fingerprint density at radius 3 is 3.06 bits per heavy atom. The van der Waals surface area contributed by atoms with Crippen molar-refractivity contribution in [3.8, 4) is 0 Å². The van der Waals surface area contributed by atoms with E-state index in [1.165, 1.54) is 0 Å². The van der Waals surface area contributed by atoms with Gasteiger partial charge in [-0.05, 0) is 13.3 Å². The minimum Gasteiger partial charge on any atom is -0.396 e. The number of aliphatic hydroxyl groups is 1. The van der Waals surface area contributed by atoms with Gasteiger partial charge in [-0.15, -0.1) is 11.3 Å². The average Bonchev–Trinajstić information content (AvgIpc) is 2.95. The molecule has 0 saturated carbocycles. The summed E-state index contributed by atoms with van der Waals surface area (Å²) in [6.07, 6.45) is 6.41. The number of hydrogen-bond donors (Lipinski definition) is 3. The van der Waals surface area contributed by atoms with Crippen molar-refractivity contribution in [3.63, 3.8) is 0 Å². The van der Waals surface area contributed by atoms with Crippen molar-refractivity contribution in [2.24, 2.45) is 5.92 Å². The average molecular weight is 267 g/mol. The number of nitrogens with zero attached hydrogens (tertiary/aromatic N) is 1. The van der Waals surface area contributed by atoms with Crippen LogP contribution in [0.15, 0.2) is 18.3 Å². The molecule has 0 unspecified atom stereocenters. The van der Waals surface area contributed by atoms with Gasteiger partial charge in [-0.25, -0.2) is 9.78 Å². The Morgan fingerprint density at radius 1 is 1.61 bits per heavy atom. The Morgan fingerprint density at radius 2 is 2.44 bits per heavy atom. The van der Waals surface area contributed by atoms with Crippen molar-refractivity contribution < 1.29 is 9.90 Å². The Hall–Kier alpha value is -1.40. The van der Waals surface area contributed by atoms with E-state index in [2.05, 4.69) is 15.6 Å². The molecule has 0 radical (unpaired) electrons. The van der Waals surface area contributed by atoms with Crippen molar-refractivity contribution in [1.29, 1.82) is 0 Å². The standard InChI is InChI=1S/C12H17N3O2S/c1-8-13-5-11(18-8)6-14-12(17)15-10-3-2-9(4-10)7-16/h2-3,5,9-10,16H,4,6-7H2,1H3,(H2,14,15,17)/t9-,10+/m0/s1. The normalized spacial score (nSPS) is 22.1. The van der Waals surface area contributed by atoms with Crippen LogP contribution >= 0.6 is 11.3 Å². The van der Waals surface area contributed by atoms with Gasteiger partial charge in [0.05, 0.1) is 11.6 Å². The summed E-state index contributed by atoms with van der Waals surface area (Å²) in [4.78, 5) is 16.8. The summed E-state index contributed by atoms with van der Waals surface area (Å²) < 4.78 is 0. The third-order valence-corrected chi connectivity index (χ3v) is 3.73. The number of aliphatic hydroxyl groups excluding tert-OH is 1. The molecular weight excluding hydrogens is 250 g/mol. The Labute approximate surface area is 110 Å². The lowest BCUT2D eigenvalue weighted by Crippen LogP contribution is -2.40. The highest BCUT2D eigenvalue weighted by Gasteiger charge is 2.19. The fourth-order valence-corrected chi connectivity index (χ4v) is 2.63. The van der Waals surface area contributed by atoms with Gasteiger partial charge in [0.25, 0.3) is 0 Å². The van der Waals surface area contributed by atoms with E-state index >= 15 is 0 Å². The van der Waals surface area contributed by atoms with Crippen molar-refractivity contribution in [2.75, 3.05) is 6.61 Å². The fourth-order valence-electron chi connectivity index (χ4n) is 1.89.